The molecule has 1 aromatic heterocycles. The second-order valence-electron chi connectivity index (χ2n) is 4.54. The highest BCUT2D eigenvalue weighted by Crippen LogP contribution is 2.32. The third-order valence-corrected chi connectivity index (χ3v) is 3.96. The van der Waals surface area contributed by atoms with Gasteiger partial charge in [0.15, 0.2) is 0 Å². The van der Waals surface area contributed by atoms with Gasteiger partial charge in [-0.3, -0.25) is 0 Å². The number of rotatable bonds is 5. The Hall–Kier alpha value is -2.23. The molecule has 1 heterocycles. The smallest absolute Gasteiger partial charge is 0.406 e. The normalized spacial score (nSPS) is 12.9. The van der Waals surface area contributed by atoms with Gasteiger partial charge in [-0.25, -0.2) is 0 Å². The summed E-state index contributed by atoms with van der Waals surface area (Å²) in [7, 11) is 0. The number of hydrogen-bond donors (Lipinski definition) is 2. The van der Waals surface area contributed by atoms with Gasteiger partial charge in [-0.2, -0.15) is 15.0 Å². The molecule has 2 aromatic rings. The lowest BCUT2D eigenvalue weighted by Crippen LogP contribution is -2.17. The van der Waals surface area contributed by atoms with E-state index in [4.69, 9.17) is 11.5 Å². The number of ether oxygens (including phenoxy) is 1. The van der Waals surface area contributed by atoms with Crippen molar-refractivity contribution in [2.45, 2.75) is 24.3 Å². The molecule has 0 aliphatic carbocycles. The van der Waals surface area contributed by atoms with Crippen molar-refractivity contribution in [3.05, 3.63) is 35.7 Å². The van der Waals surface area contributed by atoms with Gasteiger partial charge in [0.25, 0.3) is 0 Å². The second kappa shape index (κ2) is 6.90. The van der Waals surface area contributed by atoms with E-state index in [9.17, 15) is 13.2 Å². The number of thioether (sulfide) groups is 1. The Morgan fingerprint density at radius 2 is 1.65 bits per heavy atom. The van der Waals surface area contributed by atoms with Crippen LogP contribution in [0.4, 0.5) is 25.1 Å². The third-order valence-electron chi connectivity index (χ3n) is 2.76. The quantitative estimate of drug-likeness (QED) is 0.859. The lowest BCUT2D eigenvalue weighted by molar-refractivity contribution is -0.274. The molecule has 4 N–H and O–H groups in total. The third kappa shape index (κ3) is 5.47. The van der Waals surface area contributed by atoms with Gasteiger partial charge >= 0.3 is 6.36 Å². The van der Waals surface area contributed by atoms with Crippen LogP contribution in [-0.4, -0.2) is 21.3 Å². The van der Waals surface area contributed by atoms with Crippen LogP contribution in [0.2, 0.25) is 0 Å². The van der Waals surface area contributed by atoms with E-state index in [0.29, 0.717) is 11.6 Å². The van der Waals surface area contributed by atoms with E-state index in [1.165, 1.54) is 23.9 Å². The molecule has 0 bridgehead atoms. The van der Waals surface area contributed by atoms with Crippen LogP contribution in [0.3, 0.4) is 0 Å². The van der Waals surface area contributed by atoms with Crippen molar-refractivity contribution in [3.8, 4) is 5.75 Å². The summed E-state index contributed by atoms with van der Waals surface area (Å²) in [5.74, 6) is 0.739. The molecule has 1 aromatic carbocycles. The van der Waals surface area contributed by atoms with E-state index >= 15 is 0 Å². The summed E-state index contributed by atoms with van der Waals surface area (Å²) in [6, 6.07) is 5.71. The lowest BCUT2D eigenvalue weighted by Gasteiger charge is -2.13. The summed E-state index contributed by atoms with van der Waals surface area (Å²) < 4.78 is 40.2. The molecule has 0 radical (unpaired) electrons. The minimum absolute atomic E-state index is 0.00847. The first kappa shape index (κ1) is 17.1. The highest BCUT2D eigenvalue weighted by Gasteiger charge is 2.31. The van der Waals surface area contributed by atoms with Crippen molar-refractivity contribution in [2.75, 3.05) is 11.5 Å². The van der Waals surface area contributed by atoms with Crippen LogP contribution in [-0.2, 0) is 5.75 Å². The molecule has 124 valence electrons. The highest BCUT2D eigenvalue weighted by atomic mass is 32.2. The van der Waals surface area contributed by atoms with E-state index in [2.05, 4.69) is 19.7 Å². The number of nitrogens with two attached hydrogens (primary N) is 2. The average Bonchev–Trinajstić information content (AvgIpc) is 2.43. The molecule has 0 saturated heterocycles. The molecule has 6 nitrogen and oxygen atoms in total. The molecule has 23 heavy (non-hydrogen) atoms. The monoisotopic (exact) mass is 345 g/mol. The maximum Gasteiger partial charge on any atom is 0.573 e. The van der Waals surface area contributed by atoms with Crippen LogP contribution in [0.25, 0.3) is 0 Å². The van der Waals surface area contributed by atoms with E-state index in [1.807, 2.05) is 6.92 Å². The predicted octanol–water partition coefficient (Wildman–Crippen LogP) is 2.93. The van der Waals surface area contributed by atoms with E-state index < -0.39 is 6.36 Å². The van der Waals surface area contributed by atoms with Gasteiger partial charge in [0.05, 0.1) is 5.75 Å². The largest absolute Gasteiger partial charge is 0.573 e. The van der Waals surface area contributed by atoms with Crippen LogP contribution < -0.4 is 16.2 Å². The molecule has 0 aliphatic rings. The first-order chi connectivity index (χ1) is 10.7. The Bertz CT molecular complexity index is 645. The van der Waals surface area contributed by atoms with Crippen molar-refractivity contribution in [3.63, 3.8) is 0 Å². The Labute approximate surface area is 134 Å². The van der Waals surface area contributed by atoms with Crippen LogP contribution in [0.1, 0.15) is 23.6 Å². The molecule has 2 rings (SSSR count). The molecule has 0 amide bonds. The van der Waals surface area contributed by atoms with E-state index in [-0.39, 0.29) is 22.9 Å². The van der Waals surface area contributed by atoms with Crippen LogP contribution in [0, 0.1) is 0 Å². The number of alkyl halides is 3. The van der Waals surface area contributed by atoms with Crippen molar-refractivity contribution in [2.24, 2.45) is 0 Å². The maximum absolute atomic E-state index is 12.1. The molecule has 0 fully saturated rings. The zero-order chi connectivity index (χ0) is 17.0. The molecule has 0 unspecified atom stereocenters. The fourth-order valence-electron chi connectivity index (χ4n) is 1.76. The second-order valence-corrected chi connectivity index (χ2v) is 5.87. The summed E-state index contributed by atoms with van der Waals surface area (Å²) in [4.78, 5) is 11.6. The number of nitrogen functional groups attached to an aromatic ring is 2. The summed E-state index contributed by atoms with van der Waals surface area (Å²) in [6.07, 6.45) is -4.69. The number of aromatic nitrogens is 3. The number of anilines is 2. The minimum Gasteiger partial charge on any atom is -0.406 e. The summed E-state index contributed by atoms with van der Waals surface area (Å²) in [5.41, 5.74) is 11.8. The maximum atomic E-state index is 12.1. The number of benzene rings is 1. The Morgan fingerprint density at radius 1 is 1.09 bits per heavy atom. The van der Waals surface area contributed by atoms with Crippen LogP contribution >= 0.6 is 11.8 Å². The topological polar surface area (TPSA) is 99.9 Å². The minimum atomic E-state index is -4.69. The van der Waals surface area contributed by atoms with Crippen LogP contribution in [0.15, 0.2) is 24.3 Å². The number of hydrogen-bond acceptors (Lipinski definition) is 7. The van der Waals surface area contributed by atoms with Gasteiger partial charge in [0.1, 0.15) is 11.6 Å². The van der Waals surface area contributed by atoms with Gasteiger partial charge < -0.3 is 16.2 Å². The van der Waals surface area contributed by atoms with Gasteiger partial charge in [0, 0.05) is 5.25 Å². The molecule has 0 saturated carbocycles. The molecule has 1 atom stereocenters. The van der Waals surface area contributed by atoms with Crippen molar-refractivity contribution < 1.29 is 17.9 Å². The summed E-state index contributed by atoms with van der Waals surface area (Å²) >= 11 is 1.49. The Kier molecular flexibility index (Phi) is 5.14. The van der Waals surface area contributed by atoms with Gasteiger partial charge in [-0.1, -0.05) is 12.1 Å². The average molecular weight is 345 g/mol. The van der Waals surface area contributed by atoms with Crippen molar-refractivity contribution in [1.82, 2.24) is 15.0 Å². The van der Waals surface area contributed by atoms with Gasteiger partial charge in [-0.15, -0.1) is 24.9 Å². The molecular formula is C13H14F3N5OS. The van der Waals surface area contributed by atoms with Gasteiger partial charge in [-0.05, 0) is 24.6 Å². The summed E-state index contributed by atoms with van der Waals surface area (Å²) in [6.45, 7) is 1.91. The first-order valence-corrected chi connectivity index (χ1v) is 7.51. The summed E-state index contributed by atoms with van der Waals surface area (Å²) in [5, 5.41) is 0.00847. The fourth-order valence-corrected chi connectivity index (χ4v) is 2.64. The molecule has 0 aliphatic heterocycles. The van der Waals surface area contributed by atoms with Crippen molar-refractivity contribution >= 4 is 23.7 Å². The standard InChI is InChI=1S/C13H14F3N5OS/c1-7(23-6-10-19-11(17)21-12(18)20-10)8-2-4-9(5-3-8)22-13(14,15)16/h2-5,7H,6H2,1H3,(H4,17,18,19,20,21)/t7-/m0/s1. The predicted molar refractivity (Wildman–Crippen MR) is 81.5 cm³/mol. The Morgan fingerprint density at radius 3 is 2.17 bits per heavy atom. The Balaban J connectivity index is 1.96. The van der Waals surface area contributed by atoms with Crippen LogP contribution in [0.5, 0.6) is 5.75 Å². The first-order valence-electron chi connectivity index (χ1n) is 6.46. The fraction of sp³-hybridized carbons (Fsp3) is 0.308. The molecule has 0 spiro atoms. The van der Waals surface area contributed by atoms with E-state index in [0.717, 1.165) is 5.56 Å². The van der Waals surface area contributed by atoms with E-state index in [1.54, 1.807) is 12.1 Å². The number of halogens is 3. The zero-order valence-electron chi connectivity index (χ0n) is 12.0. The lowest BCUT2D eigenvalue weighted by atomic mass is 10.2. The van der Waals surface area contributed by atoms with Crippen molar-refractivity contribution in [1.29, 1.82) is 0 Å². The van der Waals surface area contributed by atoms with Gasteiger partial charge in [0.2, 0.25) is 11.9 Å². The molecular weight excluding hydrogens is 331 g/mol. The SMILES string of the molecule is C[C@H](SCc1nc(N)nc(N)n1)c1ccc(OC(F)(F)F)cc1. The highest BCUT2D eigenvalue weighted by molar-refractivity contribution is 7.98. The molecule has 10 heteroatoms. The zero-order valence-corrected chi connectivity index (χ0v) is 12.9. The number of nitrogens with zero attached hydrogens (tertiary/aromatic N) is 3.